The molecule has 3 aromatic rings. The smallest absolute Gasteiger partial charge is 0.224 e. The average molecular weight is 477 g/mol. The van der Waals surface area contributed by atoms with Crippen LogP contribution in [0.3, 0.4) is 0 Å². The summed E-state index contributed by atoms with van der Waals surface area (Å²) in [5.41, 5.74) is 5.70. The Balaban J connectivity index is 1.54. The molecule has 0 saturated heterocycles. The molecule has 0 saturated carbocycles. The van der Waals surface area contributed by atoms with E-state index in [4.69, 9.17) is 0 Å². The third-order valence-electron chi connectivity index (χ3n) is 6.28. The standard InChI is InChI=1S/C29H36N2O4/c1-19-7-5-10-23(20(19)2)17-30-28(35)12-21-8-6-9-22(11-21)16-29(3,4)31-18-27(34)24-13-25(32)15-26(33)14-24/h5-11,13-15,27,31-34H,12,16-18H2,1-4H3,(H,30,35). The number of phenols is 2. The topological polar surface area (TPSA) is 102 Å². The molecule has 0 aliphatic carbocycles. The second kappa shape index (κ2) is 11.4. The number of carbonyl (C=O) groups is 1. The molecule has 6 nitrogen and oxygen atoms in total. The van der Waals surface area contributed by atoms with Crippen LogP contribution in [0.2, 0.25) is 0 Å². The molecular formula is C29H36N2O4. The van der Waals surface area contributed by atoms with Gasteiger partial charge >= 0.3 is 0 Å². The molecule has 0 radical (unpaired) electrons. The van der Waals surface area contributed by atoms with E-state index < -0.39 is 6.10 Å². The average Bonchev–Trinajstić information content (AvgIpc) is 2.78. The van der Waals surface area contributed by atoms with Crippen LogP contribution in [0.15, 0.2) is 60.7 Å². The number of aliphatic hydroxyl groups is 1. The van der Waals surface area contributed by atoms with Crippen molar-refractivity contribution in [1.82, 2.24) is 10.6 Å². The Hall–Kier alpha value is -3.35. The minimum Gasteiger partial charge on any atom is -0.508 e. The van der Waals surface area contributed by atoms with Gasteiger partial charge < -0.3 is 26.0 Å². The molecule has 0 heterocycles. The highest BCUT2D eigenvalue weighted by Gasteiger charge is 2.21. The number of phenolic OH excluding ortho intramolecular Hbond substituents is 2. The van der Waals surface area contributed by atoms with Crippen LogP contribution in [0.1, 0.15) is 53.3 Å². The highest BCUT2D eigenvalue weighted by Crippen LogP contribution is 2.25. The van der Waals surface area contributed by atoms with Crippen LogP contribution in [-0.4, -0.2) is 33.3 Å². The molecule has 0 fully saturated rings. The first-order chi connectivity index (χ1) is 16.5. The molecule has 0 aromatic heterocycles. The number of amides is 1. The summed E-state index contributed by atoms with van der Waals surface area (Å²) in [5.74, 6) is -0.195. The van der Waals surface area contributed by atoms with E-state index in [-0.39, 0.29) is 29.5 Å². The lowest BCUT2D eigenvalue weighted by atomic mass is 9.93. The van der Waals surface area contributed by atoms with E-state index >= 15 is 0 Å². The summed E-state index contributed by atoms with van der Waals surface area (Å²) in [5, 5.41) is 36.2. The maximum Gasteiger partial charge on any atom is 0.224 e. The second-order valence-electron chi connectivity index (χ2n) is 9.87. The largest absolute Gasteiger partial charge is 0.508 e. The van der Waals surface area contributed by atoms with Gasteiger partial charge in [-0.2, -0.15) is 0 Å². The summed E-state index contributed by atoms with van der Waals surface area (Å²) in [6.07, 6.45) is 0.134. The van der Waals surface area contributed by atoms with Gasteiger partial charge in [0, 0.05) is 24.7 Å². The van der Waals surface area contributed by atoms with Gasteiger partial charge in [-0.15, -0.1) is 0 Å². The molecule has 0 aliphatic heterocycles. The first-order valence-corrected chi connectivity index (χ1v) is 11.9. The number of hydrogen-bond donors (Lipinski definition) is 5. The Morgan fingerprint density at radius 3 is 2.31 bits per heavy atom. The molecule has 5 N–H and O–H groups in total. The number of hydrogen-bond acceptors (Lipinski definition) is 5. The molecule has 1 atom stereocenters. The molecule has 0 spiro atoms. The van der Waals surface area contributed by atoms with Gasteiger partial charge in [0.15, 0.2) is 0 Å². The van der Waals surface area contributed by atoms with Crippen molar-refractivity contribution in [1.29, 1.82) is 0 Å². The highest BCUT2D eigenvalue weighted by molar-refractivity contribution is 5.78. The summed E-state index contributed by atoms with van der Waals surface area (Å²) in [6, 6.07) is 18.2. The van der Waals surface area contributed by atoms with E-state index in [2.05, 4.69) is 30.5 Å². The summed E-state index contributed by atoms with van der Waals surface area (Å²) in [7, 11) is 0. The van der Waals surface area contributed by atoms with Crippen molar-refractivity contribution < 1.29 is 20.1 Å². The number of nitrogens with one attached hydrogen (secondary N) is 2. The maximum atomic E-state index is 12.6. The van der Waals surface area contributed by atoms with E-state index in [9.17, 15) is 20.1 Å². The molecule has 1 amide bonds. The van der Waals surface area contributed by atoms with Crippen LogP contribution >= 0.6 is 0 Å². The molecule has 6 heteroatoms. The molecule has 0 aliphatic rings. The lowest BCUT2D eigenvalue weighted by Gasteiger charge is -2.28. The van der Waals surface area contributed by atoms with Crippen molar-refractivity contribution in [2.75, 3.05) is 6.54 Å². The number of carbonyl (C=O) groups excluding carboxylic acids is 1. The Morgan fingerprint density at radius 1 is 0.943 bits per heavy atom. The zero-order chi connectivity index (χ0) is 25.6. The fraction of sp³-hybridized carbons (Fsp3) is 0.345. The van der Waals surface area contributed by atoms with Gasteiger partial charge in [0.25, 0.3) is 0 Å². The molecule has 186 valence electrons. The zero-order valence-electron chi connectivity index (χ0n) is 20.9. The lowest BCUT2D eigenvalue weighted by molar-refractivity contribution is -0.120. The molecule has 3 aromatic carbocycles. The van der Waals surface area contributed by atoms with E-state index in [1.54, 1.807) is 0 Å². The highest BCUT2D eigenvalue weighted by atomic mass is 16.3. The fourth-order valence-electron chi connectivity index (χ4n) is 4.17. The van der Waals surface area contributed by atoms with Crippen LogP contribution in [0.5, 0.6) is 11.5 Å². The number of rotatable bonds is 10. The summed E-state index contributed by atoms with van der Waals surface area (Å²) >= 11 is 0. The molecule has 1 unspecified atom stereocenters. The lowest BCUT2D eigenvalue weighted by Crippen LogP contribution is -2.43. The Morgan fingerprint density at radius 2 is 1.60 bits per heavy atom. The van der Waals surface area contributed by atoms with Crippen molar-refractivity contribution in [3.63, 3.8) is 0 Å². The molecule has 35 heavy (non-hydrogen) atoms. The van der Waals surface area contributed by atoms with E-state index in [1.807, 2.05) is 50.2 Å². The third-order valence-corrected chi connectivity index (χ3v) is 6.28. The summed E-state index contributed by atoms with van der Waals surface area (Å²) in [4.78, 5) is 12.6. The number of aryl methyl sites for hydroxylation is 1. The Bertz CT molecular complexity index is 1150. The molecular weight excluding hydrogens is 440 g/mol. The molecule has 3 rings (SSSR count). The van der Waals surface area contributed by atoms with Crippen LogP contribution in [0, 0.1) is 13.8 Å². The van der Waals surface area contributed by atoms with Crippen LogP contribution in [0.4, 0.5) is 0 Å². The van der Waals surface area contributed by atoms with Gasteiger partial charge in [-0.3, -0.25) is 4.79 Å². The van der Waals surface area contributed by atoms with Gasteiger partial charge in [-0.1, -0.05) is 42.5 Å². The van der Waals surface area contributed by atoms with E-state index in [1.165, 1.54) is 29.3 Å². The number of β-amino-alcohol motifs (C(OH)–C–C–N with tert-alkyl or cyclic N) is 1. The van der Waals surface area contributed by atoms with Crippen molar-refractivity contribution in [2.45, 2.75) is 58.7 Å². The number of benzene rings is 3. The van der Waals surface area contributed by atoms with Gasteiger partial charge in [0.05, 0.1) is 12.5 Å². The SMILES string of the molecule is Cc1cccc(CNC(=O)Cc2cccc(CC(C)(C)NCC(O)c3cc(O)cc(O)c3)c2)c1C. The summed E-state index contributed by atoms with van der Waals surface area (Å²) in [6.45, 7) is 9.01. The number of aromatic hydroxyl groups is 2. The van der Waals surface area contributed by atoms with Crippen molar-refractivity contribution in [2.24, 2.45) is 0 Å². The third kappa shape index (κ3) is 7.84. The predicted molar refractivity (Wildman–Crippen MR) is 138 cm³/mol. The minimum absolute atomic E-state index is 0.0158. The zero-order valence-corrected chi connectivity index (χ0v) is 20.9. The van der Waals surface area contributed by atoms with E-state index in [0.717, 1.165) is 16.7 Å². The predicted octanol–water partition coefficient (Wildman–Crippen LogP) is 4.22. The Kier molecular flexibility index (Phi) is 8.54. The van der Waals surface area contributed by atoms with Gasteiger partial charge in [-0.05, 0) is 79.6 Å². The van der Waals surface area contributed by atoms with Crippen LogP contribution in [-0.2, 0) is 24.2 Å². The second-order valence-corrected chi connectivity index (χ2v) is 9.87. The minimum atomic E-state index is -0.876. The first kappa shape index (κ1) is 26.3. The van der Waals surface area contributed by atoms with Gasteiger partial charge in [-0.25, -0.2) is 0 Å². The van der Waals surface area contributed by atoms with Crippen molar-refractivity contribution >= 4 is 5.91 Å². The van der Waals surface area contributed by atoms with Gasteiger partial charge in [0.2, 0.25) is 5.91 Å². The quantitative estimate of drug-likeness (QED) is 0.302. The van der Waals surface area contributed by atoms with Crippen molar-refractivity contribution in [3.05, 3.63) is 94.0 Å². The summed E-state index contributed by atoms with van der Waals surface area (Å²) < 4.78 is 0. The normalized spacial score (nSPS) is 12.4. The monoisotopic (exact) mass is 476 g/mol. The molecule has 0 bridgehead atoms. The van der Waals surface area contributed by atoms with E-state index in [0.29, 0.717) is 24.9 Å². The van der Waals surface area contributed by atoms with Crippen LogP contribution in [0.25, 0.3) is 0 Å². The maximum absolute atomic E-state index is 12.6. The number of aliphatic hydroxyl groups excluding tert-OH is 1. The first-order valence-electron chi connectivity index (χ1n) is 11.9. The van der Waals surface area contributed by atoms with Gasteiger partial charge in [0.1, 0.15) is 11.5 Å². The fourth-order valence-corrected chi connectivity index (χ4v) is 4.17. The van der Waals surface area contributed by atoms with Crippen molar-refractivity contribution in [3.8, 4) is 11.5 Å². The Labute approximate surface area is 207 Å². The van der Waals surface area contributed by atoms with Crippen LogP contribution < -0.4 is 10.6 Å².